The minimum absolute atomic E-state index is 0.00676. The maximum Gasteiger partial charge on any atom is 0.307 e. The van der Waals surface area contributed by atoms with Gasteiger partial charge in [0, 0.05) is 37.1 Å². The number of esters is 1. The topological polar surface area (TPSA) is 80.4 Å². The van der Waals surface area contributed by atoms with Gasteiger partial charge in [-0.2, -0.15) is 0 Å². The highest BCUT2D eigenvalue weighted by atomic mass is 16.6. The zero-order valence-electron chi connectivity index (χ0n) is 16.8. The Morgan fingerprint density at radius 1 is 1.41 bits per heavy atom. The average molecular weight is 396 g/mol. The van der Waals surface area contributed by atoms with Gasteiger partial charge in [0.1, 0.15) is 17.6 Å². The predicted octanol–water partition coefficient (Wildman–Crippen LogP) is 2.32. The number of carbonyl (C=O) groups excluding carboxylic acids is 2. The van der Waals surface area contributed by atoms with Crippen LogP contribution in [-0.2, 0) is 24.5 Å². The number of epoxide rings is 1. The van der Waals surface area contributed by atoms with Gasteiger partial charge in [-0.05, 0) is 24.5 Å². The number of carbonyl (C=O) groups is 2. The number of rotatable bonds is 3. The maximum absolute atomic E-state index is 13.1. The van der Waals surface area contributed by atoms with Gasteiger partial charge in [0.15, 0.2) is 6.10 Å². The number of amides is 1. The third-order valence-electron chi connectivity index (χ3n) is 7.76. The van der Waals surface area contributed by atoms with Gasteiger partial charge >= 0.3 is 5.97 Å². The molecule has 0 radical (unpaired) electrons. The number of piperidine rings is 1. The molecule has 0 saturated carbocycles. The molecular weight excluding hydrogens is 372 g/mol. The Kier molecular flexibility index (Phi) is 3.18. The Bertz CT molecular complexity index is 1000. The molecule has 152 valence electrons. The minimum atomic E-state index is -0.409. The first kappa shape index (κ1) is 17.3. The van der Waals surface area contributed by atoms with E-state index >= 15 is 0 Å². The molecule has 1 aromatic carbocycles. The van der Waals surface area contributed by atoms with Crippen molar-refractivity contribution in [2.75, 3.05) is 19.0 Å². The highest BCUT2D eigenvalue weighted by Crippen LogP contribution is 2.68. The molecule has 29 heavy (non-hydrogen) atoms. The Balaban J connectivity index is 1.63. The lowest BCUT2D eigenvalue weighted by molar-refractivity contribution is -0.143. The fraction of sp³-hybridized carbons (Fsp3) is 0.545. The lowest BCUT2D eigenvalue weighted by Crippen LogP contribution is -2.64. The number of nitrogens with one attached hydrogen (secondary N) is 1. The average Bonchev–Trinajstić information content (AvgIpc) is 3.33. The summed E-state index contributed by atoms with van der Waals surface area (Å²) >= 11 is 0. The zero-order chi connectivity index (χ0) is 20.1. The third kappa shape index (κ3) is 1.87. The molecule has 5 aliphatic rings. The monoisotopic (exact) mass is 396 g/mol. The molecule has 1 N–H and O–H groups in total. The normalized spacial score (nSPS) is 38.0. The molecule has 0 bridgehead atoms. The van der Waals surface area contributed by atoms with Crippen molar-refractivity contribution < 1.29 is 23.8 Å². The molecule has 4 aliphatic heterocycles. The number of nitrogens with zero attached hydrogens (tertiary/aromatic N) is 1. The van der Waals surface area contributed by atoms with E-state index in [1.165, 1.54) is 6.92 Å². The number of fused-ring (bicyclic) bond motifs is 3. The van der Waals surface area contributed by atoms with Crippen LogP contribution in [0, 0.1) is 5.41 Å². The van der Waals surface area contributed by atoms with Gasteiger partial charge in [-0.3, -0.25) is 9.59 Å². The van der Waals surface area contributed by atoms with Gasteiger partial charge in [-0.1, -0.05) is 13.0 Å². The van der Waals surface area contributed by atoms with Crippen LogP contribution >= 0.6 is 0 Å². The van der Waals surface area contributed by atoms with E-state index in [2.05, 4.69) is 18.3 Å². The summed E-state index contributed by atoms with van der Waals surface area (Å²) in [5.41, 5.74) is 2.37. The second-order valence-electron chi connectivity index (χ2n) is 8.82. The molecule has 0 unspecified atom stereocenters. The van der Waals surface area contributed by atoms with Crippen LogP contribution in [0.1, 0.15) is 38.7 Å². The maximum atomic E-state index is 13.1. The number of hydrogen-bond donors (Lipinski definition) is 1. The number of anilines is 1. The predicted molar refractivity (Wildman–Crippen MR) is 103 cm³/mol. The van der Waals surface area contributed by atoms with Crippen molar-refractivity contribution >= 4 is 17.6 Å². The molecule has 5 atom stereocenters. The summed E-state index contributed by atoms with van der Waals surface area (Å²) < 4.78 is 17.2. The van der Waals surface area contributed by atoms with E-state index in [0.717, 1.165) is 35.5 Å². The quantitative estimate of drug-likeness (QED) is 0.624. The van der Waals surface area contributed by atoms with Crippen LogP contribution in [-0.4, -0.2) is 48.7 Å². The van der Waals surface area contributed by atoms with E-state index in [-0.39, 0.29) is 35.5 Å². The first-order chi connectivity index (χ1) is 14.0. The highest BCUT2D eigenvalue weighted by Gasteiger charge is 2.76. The minimum Gasteiger partial charge on any atom is -0.497 e. The molecule has 3 fully saturated rings. The number of benzene rings is 1. The van der Waals surface area contributed by atoms with Gasteiger partial charge in [0.2, 0.25) is 0 Å². The van der Waals surface area contributed by atoms with Crippen molar-refractivity contribution in [3.05, 3.63) is 35.2 Å². The van der Waals surface area contributed by atoms with Crippen molar-refractivity contribution in [2.24, 2.45) is 5.41 Å². The lowest BCUT2D eigenvalue weighted by atomic mass is 9.54. The standard InChI is InChI=1S/C22H24N2O5/c1-4-21-10-15(28-11(2)25)17-22(13-6-5-12(27-3)9-14(13)23-17)7-8-24(20(21)22)19(26)16-18(21)29-16/h5-6,9,16,18,20,23H,4,7-8,10H2,1-3H3/t16-,18+,20+,21-,22+/m1/s1. The van der Waals surface area contributed by atoms with E-state index < -0.39 is 5.41 Å². The molecule has 1 aromatic rings. The largest absolute Gasteiger partial charge is 0.497 e. The zero-order valence-corrected chi connectivity index (χ0v) is 16.8. The third-order valence-corrected chi connectivity index (χ3v) is 7.76. The summed E-state index contributed by atoms with van der Waals surface area (Å²) in [6.45, 7) is 4.28. The van der Waals surface area contributed by atoms with E-state index in [0.29, 0.717) is 18.7 Å². The summed E-state index contributed by atoms with van der Waals surface area (Å²) in [7, 11) is 1.65. The van der Waals surface area contributed by atoms with Gasteiger partial charge in [-0.15, -0.1) is 0 Å². The first-order valence-electron chi connectivity index (χ1n) is 10.3. The van der Waals surface area contributed by atoms with Crippen LogP contribution in [0.3, 0.4) is 0 Å². The van der Waals surface area contributed by atoms with Crippen molar-refractivity contribution in [2.45, 2.75) is 56.8 Å². The second kappa shape index (κ2) is 5.33. The number of hydrogen-bond acceptors (Lipinski definition) is 6. The molecule has 1 spiro atoms. The van der Waals surface area contributed by atoms with E-state index in [1.807, 2.05) is 17.0 Å². The van der Waals surface area contributed by atoms with Crippen LogP contribution in [0.5, 0.6) is 5.75 Å². The Labute approximate surface area is 169 Å². The van der Waals surface area contributed by atoms with E-state index in [9.17, 15) is 9.59 Å². The van der Waals surface area contributed by atoms with Crippen LogP contribution in [0.25, 0.3) is 0 Å². The summed E-state index contributed by atoms with van der Waals surface area (Å²) in [5.74, 6) is 1.25. The Morgan fingerprint density at radius 2 is 2.24 bits per heavy atom. The molecule has 1 aliphatic carbocycles. The van der Waals surface area contributed by atoms with Crippen molar-refractivity contribution in [1.29, 1.82) is 0 Å². The van der Waals surface area contributed by atoms with Gasteiger partial charge in [0.05, 0.1) is 24.3 Å². The van der Waals surface area contributed by atoms with Gasteiger partial charge in [-0.25, -0.2) is 0 Å². The smallest absolute Gasteiger partial charge is 0.307 e. The number of ether oxygens (including phenoxy) is 3. The molecule has 7 heteroatoms. The van der Waals surface area contributed by atoms with Crippen LogP contribution < -0.4 is 10.1 Å². The van der Waals surface area contributed by atoms with Crippen LogP contribution in [0.15, 0.2) is 29.7 Å². The summed E-state index contributed by atoms with van der Waals surface area (Å²) in [6.07, 6.45) is 1.80. The number of allylic oxidation sites excluding steroid dienone is 1. The van der Waals surface area contributed by atoms with Crippen molar-refractivity contribution in [1.82, 2.24) is 4.90 Å². The molecular formula is C22H24N2O5. The summed E-state index contributed by atoms with van der Waals surface area (Å²) in [6, 6.07) is 6.04. The Hall–Kier alpha value is -2.54. The SMILES string of the molecule is CC[C@@]12CC(OC(C)=O)=C3Nc4cc(OC)ccc4[C@@]34CCN(C(=O)[C@@H]3O[C@@H]31)[C@@H]24. The fourth-order valence-electron chi connectivity index (χ4n) is 6.67. The summed E-state index contributed by atoms with van der Waals surface area (Å²) in [5, 5.41) is 3.55. The highest BCUT2D eigenvalue weighted by molar-refractivity contribution is 5.88. The van der Waals surface area contributed by atoms with Crippen LogP contribution in [0.4, 0.5) is 5.69 Å². The summed E-state index contributed by atoms with van der Waals surface area (Å²) in [4.78, 5) is 27.1. The van der Waals surface area contributed by atoms with Gasteiger partial charge in [0.25, 0.3) is 5.91 Å². The van der Waals surface area contributed by atoms with Gasteiger partial charge < -0.3 is 24.4 Å². The molecule has 1 amide bonds. The molecule has 6 rings (SSSR count). The second-order valence-corrected chi connectivity index (χ2v) is 8.82. The fourth-order valence-corrected chi connectivity index (χ4v) is 6.67. The lowest BCUT2D eigenvalue weighted by Gasteiger charge is -2.53. The molecule has 7 nitrogen and oxygen atoms in total. The van der Waals surface area contributed by atoms with E-state index in [1.54, 1.807) is 7.11 Å². The Morgan fingerprint density at radius 3 is 2.97 bits per heavy atom. The van der Waals surface area contributed by atoms with E-state index in [4.69, 9.17) is 14.2 Å². The molecule has 3 saturated heterocycles. The molecule has 0 aromatic heterocycles. The number of methoxy groups -OCH3 is 1. The first-order valence-corrected chi connectivity index (χ1v) is 10.3. The van der Waals surface area contributed by atoms with Crippen LogP contribution in [0.2, 0.25) is 0 Å². The van der Waals surface area contributed by atoms with Crippen molar-refractivity contribution in [3.63, 3.8) is 0 Å². The molecule has 4 heterocycles. The van der Waals surface area contributed by atoms with Crippen molar-refractivity contribution in [3.8, 4) is 5.75 Å².